The van der Waals surface area contributed by atoms with Crippen molar-refractivity contribution in [3.05, 3.63) is 80.8 Å². The van der Waals surface area contributed by atoms with Gasteiger partial charge in [-0.1, -0.05) is 11.6 Å². The monoisotopic (exact) mass is 401 g/mol. The van der Waals surface area contributed by atoms with Crippen LogP contribution in [0.25, 0.3) is 17.3 Å². The molecule has 0 fully saturated rings. The van der Waals surface area contributed by atoms with Gasteiger partial charge in [-0.25, -0.2) is 4.39 Å². The van der Waals surface area contributed by atoms with E-state index in [9.17, 15) is 19.3 Å². The van der Waals surface area contributed by atoms with Crippen molar-refractivity contribution in [2.45, 2.75) is 0 Å². The number of allylic oxidation sites excluding steroid dienone is 1. The molecule has 142 valence electrons. The number of aromatic amines is 1. The highest BCUT2D eigenvalue weighted by molar-refractivity contribution is 6.33. The molecule has 0 aliphatic heterocycles. The Hall–Kier alpha value is -3.52. The summed E-state index contributed by atoms with van der Waals surface area (Å²) in [4.78, 5) is 22.4. The molecule has 0 unspecified atom stereocenters. The number of benzene rings is 2. The summed E-state index contributed by atoms with van der Waals surface area (Å²) in [5, 5.41) is 17.4. The van der Waals surface area contributed by atoms with E-state index in [1.165, 1.54) is 43.5 Å². The maximum atomic E-state index is 14.1. The summed E-state index contributed by atoms with van der Waals surface area (Å²) in [6.07, 6.45) is 2.73. The second-order valence-electron chi connectivity index (χ2n) is 5.68. The van der Waals surface area contributed by atoms with Crippen LogP contribution in [0.4, 0.5) is 10.1 Å². The summed E-state index contributed by atoms with van der Waals surface area (Å²) in [5.41, 5.74) is 1.05. The van der Waals surface area contributed by atoms with Crippen molar-refractivity contribution in [2.75, 3.05) is 7.11 Å². The molecule has 3 rings (SSSR count). The largest absolute Gasteiger partial charge is 0.497 e. The molecule has 28 heavy (non-hydrogen) atoms. The van der Waals surface area contributed by atoms with Crippen LogP contribution < -0.4 is 4.74 Å². The number of hydrogen-bond donors (Lipinski definition) is 1. The number of rotatable bonds is 6. The van der Waals surface area contributed by atoms with E-state index in [0.29, 0.717) is 17.1 Å². The highest BCUT2D eigenvalue weighted by Gasteiger charge is 2.14. The Kier molecular flexibility index (Phi) is 5.51. The number of ether oxygens (including phenoxy) is 1. The first-order valence-electron chi connectivity index (χ1n) is 7.94. The average Bonchev–Trinajstić information content (AvgIpc) is 3.14. The SMILES string of the molecule is COc1ccc(-c2cc(/C=C/C(=O)c3ccc([N+](=O)[O-])c(Cl)c3)[nH]n2)c(F)c1. The zero-order valence-electron chi connectivity index (χ0n) is 14.5. The third-order valence-electron chi connectivity index (χ3n) is 3.89. The lowest BCUT2D eigenvalue weighted by Crippen LogP contribution is -1.96. The molecule has 7 nitrogen and oxygen atoms in total. The third kappa shape index (κ3) is 4.07. The molecule has 0 saturated heterocycles. The maximum absolute atomic E-state index is 14.1. The first-order valence-corrected chi connectivity index (χ1v) is 8.32. The van der Waals surface area contributed by atoms with Crippen LogP contribution in [0, 0.1) is 15.9 Å². The number of H-pyrrole nitrogens is 1. The molecule has 0 radical (unpaired) electrons. The minimum atomic E-state index is -0.628. The first kappa shape index (κ1) is 19.2. The van der Waals surface area contributed by atoms with Crippen LogP contribution >= 0.6 is 11.6 Å². The van der Waals surface area contributed by atoms with E-state index < -0.39 is 16.5 Å². The van der Waals surface area contributed by atoms with Crippen LogP contribution in [0.1, 0.15) is 16.1 Å². The van der Waals surface area contributed by atoms with Gasteiger partial charge >= 0.3 is 0 Å². The summed E-state index contributed by atoms with van der Waals surface area (Å²) < 4.78 is 19.1. The fraction of sp³-hybridized carbons (Fsp3) is 0.0526. The Balaban J connectivity index is 1.78. The molecule has 1 aromatic heterocycles. The van der Waals surface area contributed by atoms with Gasteiger partial charge in [0.05, 0.1) is 23.4 Å². The van der Waals surface area contributed by atoms with Crippen LogP contribution in [0.3, 0.4) is 0 Å². The van der Waals surface area contributed by atoms with Gasteiger partial charge in [-0.2, -0.15) is 5.10 Å². The van der Waals surface area contributed by atoms with E-state index in [2.05, 4.69) is 10.2 Å². The summed E-state index contributed by atoms with van der Waals surface area (Å²) in [6, 6.07) is 9.72. The van der Waals surface area contributed by atoms with E-state index in [0.717, 1.165) is 0 Å². The van der Waals surface area contributed by atoms with E-state index >= 15 is 0 Å². The summed E-state index contributed by atoms with van der Waals surface area (Å²) >= 11 is 5.81. The van der Waals surface area contributed by atoms with E-state index in [-0.39, 0.29) is 21.8 Å². The minimum absolute atomic E-state index is 0.122. The van der Waals surface area contributed by atoms with Crippen molar-refractivity contribution >= 4 is 29.1 Å². The zero-order valence-corrected chi connectivity index (χ0v) is 15.2. The van der Waals surface area contributed by atoms with Gasteiger partial charge in [0.15, 0.2) is 5.78 Å². The number of methoxy groups -OCH3 is 1. The maximum Gasteiger partial charge on any atom is 0.287 e. The van der Waals surface area contributed by atoms with E-state index in [4.69, 9.17) is 16.3 Å². The van der Waals surface area contributed by atoms with Crippen LogP contribution in [0.15, 0.2) is 48.5 Å². The van der Waals surface area contributed by atoms with Gasteiger partial charge in [-0.3, -0.25) is 20.0 Å². The summed E-state index contributed by atoms with van der Waals surface area (Å²) in [7, 11) is 1.45. The predicted octanol–water partition coefficient (Wildman–Crippen LogP) is 4.68. The van der Waals surface area contributed by atoms with E-state index in [1.54, 1.807) is 18.2 Å². The number of nitro benzene ring substituents is 1. The molecule has 0 saturated carbocycles. The fourth-order valence-electron chi connectivity index (χ4n) is 2.46. The van der Waals surface area contributed by atoms with Gasteiger partial charge < -0.3 is 4.74 Å². The molecular weight excluding hydrogens is 389 g/mol. The topological polar surface area (TPSA) is 98.1 Å². The number of hydrogen-bond acceptors (Lipinski definition) is 5. The molecule has 0 aliphatic rings. The Bertz CT molecular complexity index is 1090. The minimum Gasteiger partial charge on any atom is -0.497 e. The van der Waals surface area contributed by atoms with Crippen LogP contribution in [-0.4, -0.2) is 28.0 Å². The van der Waals surface area contributed by atoms with Crippen LogP contribution in [0.2, 0.25) is 5.02 Å². The number of aromatic nitrogens is 2. The number of halogens is 2. The smallest absolute Gasteiger partial charge is 0.287 e. The molecule has 1 N–H and O–H groups in total. The van der Waals surface area contributed by atoms with Gasteiger partial charge in [-0.05, 0) is 42.5 Å². The lowest BCUT2D eigenvalue weighted by molar-refractivity contribution is -0.384. The number of nitrogens with one attached hydrogen (secondary N) is 1. The quantitative estimate of drug-likeness (QED) is 0.280. The Morgan fingerprint density at radius 3 is 2.71 bits per heavy atom. The normalized spacial score (nSPS) is 11.0. The van der Waals surface area contributed by atoms with Crippen molar-refractivity contribution in [3.63, 3.8) is 0 Å². The molecule has 1 heterocycles. The first-order chi connectivity index (χ1) is 13.4. The number of ketones is 1. The highest BCUT2D eigenvalue weighted by Crippen LogP contribution is 2.26. The Morgan fingerprint density at radius 2 is 2.07 bits per heavy atom. The zero-order chi connectivity index (χ0) is 20.3. The van der Waals surface area contributed by atoms with E-state index in [1.807, 2.05) is 0 Å². The third-order valence-corrected chi connectivity index (χ3v) is 4.20. The summed E-state index contributed by atoms with van der Waals surface area (Å²) in [6.45, 7) is 0. The molecule has 0 atom stereocenters. The van der Waals surface area contributed by atoms with Gasteiger partial charge in [-0.15, -0.1) is 0 Å². The molecule has 0 spiro atoms. The number of carbonyl (C=O) groups is 1. The van der Waals surface area contributed by atoms with Crippen LogP contribution in [0.5, 0.6) is 5.75 Å². The van der Waals surface area contributed by atoms with Crippen molar-refractivity contribution in [2.24, 2.45) is 0 Å². The summed E-state index contributed by atoms with van der Waals surface area (Å²) in [5.74, 6) is -0.495. The van der Waals surface area contributed by atoms with Gasteiger partial charge in [0, 0.05) is 23.3 Å². The second-order valence-corrected chi connectivity index (χ2v) is 6.08. The van der Waals surface area contributed by atoms with Crippen molar-refractivity contribution in [1.82, 2.24) is 10.2 Å². The standard InChI is InChI=1S/C19H13ClFN3O4/c1-28-13-4-5-14(16(21)10-13)17-9-12(22-23-17)3-7-19(25)11-2-6-18(24(26)27)15(20)8-11/h2-10H,1H3,(H,22,23)/b7-3+. The Morgan fingerprint density at radius 1 is 1.29 bits per heavy atom. The molecule has 0 aliphatic carbocycles. The lowest BCUT2D eigenvalue weighted by atomic mass is 10.1. The van der Waals surface area contributed by atoms with Crippen molar-refractivity contribution in [1.29, 1.82) is 0 Å². The van der Waals surface area contributed by atoms with Crippen molar-refractivity contribution in [3.8, 4) is 17.0 Å². The average molecular weight is 402 g/mol. The molecule has 0 bridgehead atoms. The molecule has 3 aromatic rings. The van der Waals surface area contributed by atoms with Crippen LogP contribution in [-0.2, 0) is 0 Å². The Labute approximate surface area is 163 Å². The predicted molar refractivity (Wildman–Crippen MR) is 102 cm³/mol. The lowest BCUT2D eigenvalue weighted by Gasteiger charge is -2.02. The number of nitrogens with zero attached hydrogens (tertiary/aromatic N) is 2. The van der Waals surface area contributed by atoms with Crippen molar-refractivity contribution < 1.29 is 18.8 Å². The van der Waals surface area contributed by atoms with Gasteiger partial charge in [0.1, 0.15) is 16.6 Å². The fourth-order valence-corrected chi connectivity index (χ4v) is 2.71. The van der Waals surface area contributed by atoms with Gasteiger partial charge in [0.2, 0.25) is 0 Å². The molecule has 2 aromatic carbocycles. The van der Waals surface area contributed by atoms with Gasteiger partial charge in [0.25, 0.3) is 5.69 Å². The number of nitro groups is 1. The number of carbonyl (C=O) groups excluding carboxylic acids is 1. The second kappa shape index (κ2) is 8.01. The highest BCUT2D eigenvalue weighted by atomic mass is 35.5. The molecule has 0 amide bonds. The molecular formula is C19H13ClFN3O4. The molecule has 9 heteroatoms.